The van der Waals surface area contributed by atoms with Crippen LogP contribution < -0.4 is 15.5 Å². The quantitative estimate of drug-likeness (QED) is 0.344. The molecule has 1 aromatic carbocycles. The van der Waals surface area contributed by atoms with Gasteiger partial charge in [-0.15, -0.1) is 0 Å². The summed E-state index contributed by atoms with van der Waals surface area (Å²) in [5, 5.41) is 5.69. The maximum absolute atomic E-state index is 14.3. The van der Waals surface area contributed by atoms with E-state index in [9.17, 15) is 42.2 Å². The lowest BCUT2D eigenvalue weighted by molar-refractivity contribution is -0.129. The lowest BCUT2D eigenvalue weighted by Crippen LogP contribution is -2.53. The van der Waals surface area contributed by atoms with Crippen molar-refractivity contribution in [2.75, 3.05) is 11.4 Å². The molecule has 3 aliphatic rings. The summed E-state index contributed by atoms with van der Waals surface area (Å²) in [6, 6.07) is -0.739. The van der Waals surface area contributed by atoms with Gasteiger partial charge in [0.15, 0.2) is 0 Å². The molecule has 2 aromatic rings. The zero-order chi connectivity index (χ0) is 29.9. The molecule has 2 amide bonds. The van der Waals surface area contributed by atoms with Gasteiger partial charge >= 0.3 is 10.2 Å². The molecule has 2 heterocycles. The Morgan fingerprint density at radius 3 is 2.20 bits per heavy atom. The second kappa shape index (κ2) is 9.54. The molecule has 2 aliphatic carbocycles. The predicted molar refractivity (Wildman–Crippen MR) is 136 cm³/mol. The molecule has 0 bridgehead atoms. The van der Waals surface area contributed by atoms with Crippen molar-refractivity contribution in [3.05, 3.63) is 54.1 Å². The minimum atomic E-state index is -10.1. The molecule has 0 spiro atoms. The van der Waals surface area contributed by atoms with E-state index in [2.05, 4.69) is 15.6 Å². The normalized spacial score (nSPS) is 26.6. The van der Waals surface area contributed by atoms with Gasteiger partial charge in [0.05, 0.1) is 12.2 Å². The Balaban J connectivity index is 1.56. The molecule has 0 radical (unpaired) electrons. The molecular weight excluding hydrogens is 584 g/mol. The van der Waals surface area contributed by atoms with Crippen LogP contribution in [0.4, 0.5) is 38.3 Å². The number of amides is 2. The number of nitrogens with one attached hydrogen (secondary N) is 2. The van der Waals surface area contributed by atoms with E-state index >= 15 is 0 Å². The molecule has 41 heavy (non-hydrogen) atoms. The number of rotatable bonds is 7. The third-order valence-electron chi connectivity index (χ3n) is 8.18. The molecule has 1 aromatic heterocycles. The Kier molecular flexibility index (Phi) is 6.88. The van der Waals surface area contributed by atoms with Crippen LogP contribution in [0.25, 0.3) is 0 Å². The molecule has 3 fully saturated rings. The van der Waals surface area contributed by atoms with E-state index in [0.717, 1.165) is 29.8 Å². The third kappa shape index (κ3) is 6.30. The number of benzene rings is 1. The van der Waals surface area contributed by atoms with E-state index in [1.165, 1.54) is 0 Å². The maximum atomic E-state index is 14.3. The molecule has 1 unspecified atom stereocenters. The number of hydrogen-bond donors (Lipinski definition) is 2. The van der Waals surface area contributed by atoms with Crippen molar-refractivity contribution in [1.82, 2.24) is 15.6 Å². The highest BCUT2D eigenvalue weighted by atomic mass is 32.5. The van der Waals surface area contributed by atoms with Crippen LogP contribution in [0.1, 0.15) is 50.1 Å². The van der Waals surface area contributed by atoms with Crippen LogP contribution in [0.2, 0.25) is 0 Å². The number of halogens is 8. The van der Waals surface area contributed by atoms with Crippen LogP contribution in [0.3, 0.4) is 0 Å². The van der Waals surface area contributed by atoms with Gasteiger partial charge in [0.2, 0.25) is 17.7 Å². The van der Waals surface area contributed by atoms with Crippen molar-refractivity contribution >= 4 is 27.7 Å². The molecule has 4 atom stereocenters. The van der Waals surface area contributed by atoms with Crippen LogP contribution in [0.15, 0.2) is 47.6 Å². The van der Waals surface area contributed by atoms with Crippen LogP contribution in [0, 0.1) is 17.7 Å². The molecule has 6 nitrogen and oxygen atoms in total. The standard InChI is InChI=1S/C26H28F8N4O2S/c27-17-11-16(12-35-14-17)23(24(39)37-18-7-9-26(28,29)10-8-18)38(25(40)22-21-6-1-15(21)13-36-22)19-2-4-20(5-3-19)41(30,31,32,33)34/h2-5,11-12,14-15,18,21-23,36H,1,6-10,13H2,(H,37,39)/t15-,21-,22+,23?/m0/s1. The minimum Gasteiger partial charge on any atom is -0.351 e. The SMILES string of the molecule is O=C(NC1CCC(F)(F)CC1)C(c1cncc(F)c1)N(C(=O)[C@@H]1NC[C@@H]2CC[C@@H]21)c1ccc(S(F)(F)(F)(F)F)cc1. The number of alkyl halides is 2. The molecule has 1 saturated heterocycles. The van der Waals surface area contributed by atoms with E-state index in [0.29, 0.717) is 25.1 Å². The largest absolute Gasteiger partial charge is 0.351 e. The van der Waals surface area contributed by atoms with Crippen molar-refractivity contribution in [2.45, 2.75) is 67.5 Å². The highest BCUT2D eigenvalue weighted by Crippen LogP contribution is 3.02. The number of anilines is 1. The summed E-state index contributed by atoms with van der Waals surface area (Å²) in [7, 11) is -10.1. The first-order chi connectivity index (χ1) is 18.9. The first kappa shape index (κ1) is 29.5. The summed E-state index contributed by atoms with van der Waals surface area (Å²) >= 11 is 0. The Morgan fingerprint density at radius 2 is 1.66 bits per heavy atom. The van der Waals surface area contributed by atoms with Gasteiger partial charge in [0, 0.05) is 36.3 Å². The van der Waals surface area contributed by atoms with Gasteiger partial charge in [-0.2, -0.15) is 0 Å². The van der Waals surface area contributed by atoms with E-state index in [4.69, 9.17) is 0 Å². The van der Waals surface area contributed by atoms with Crippen LogP contribution in [-0.4, -0.2) is 41.3 Å². The van der Waals surface area contributed by atoms with Gasteiger partial charge in [-0.05, 0) is 74.4 Å². The highest BCUT2D eigenvalue weighted by molar-refractivity contribution is 8.45. The average Bonchev–Trinajstić information content (AvgIpc) is 3.15. The summed E-state index contributed by atoms with van der Waals surface area (Å²) in [5.41, 5.74) is -0.457. The molecule has 226 valence electrons. The number of carbonyl (C=O) groups excluding carboxylic acids is 2. The lowest BCUT2D eigenvalue weighted by atomic mass is 9.72. The number of carbonyl (C=O) groups is 2. The van der Waals surface area contributed by atoms with Gasteiger partial charge in [0.1, 0.15) is 16.8 Å². The fourth-order valence-corrected chi connectivity index (χ4v) is 6.52. The summed E-state index contributed by atoms with van der Waals surface area (Å²) < 4.78 is 109. The molecular formula is C26H28F8N4O2S. The Morgan fingerprint density at radius 1 is 1.00 bits per heavy atom. The highest BCUT2D eigenvalue weighted by Gasteiger charge is 2.65. The third-order valence-corrected chi connectivity index (χ3v) is 9.34. The van der Waals surface area contributed by atoms with Gasteiger partial charge in [-0.25, -0.2) is 13.2 Å². The molecule has 2 saturated carbocycles. The molecule has 2 N–H and O–H groups in total. The van der Waals surface area contributed by atoms with Crippen molar-refractivity contribution in [1.29, 1.82) is 0 Å². The Hall–Kier alpha value is -2.94. The average molecular weight is 613 g/mol. The van der Waals surface area contributed by atoms with Crippen LogP contribution in [0.5, 0.6) is 0 Å². The van der Waals surface area contributed by atoms with Crippen LogP contribution in [-0.2, 0) is 9.59 Å². The Bertz CT molecular complexity index is 1330. The van der Waals surface area contributed by atoms with Gasteiger partial charge in [-0.1, -0.05) is 19.4 Å². The van der Waals surface area contributed by atoms with E-state index in [-0.39, 0.29) is 48.1 Å². The fourth-order valence-electron chi connectivity index (χ4n) is 5.86. The zero-order valence-electron chi connectivity index (χ0n) is 21.5. The first-order valence-electron chi connectivity index (χ1n) is 13.1. The van der Waals surface area contributed by atoms with Gasteiger partial charge in [-0.3, -0.25) is 19.5 Å². The maximum Gasteiger partial charge on any atom is 0.310 e. The lowest BCUT2D eigenvalue weighted by Gasteiger charge is -2.41. The summed E-state index contributed by atoms with van der Waals surface area (Å²) in [6.45, 7) is 0.493. The van der Waals surface area contributed by atoms with Gasteiger partial charge < -0.3 is 10.6 Å². The number of fused-ring (bicyclic) bond motifs is 1. The molecule has 1 aliphatic heterocycles. The summed E-state index contributed by atoms with van der Waals surface area (Å²) in [4.78, 5) is 30.2. The number of aromatic nitrogens is 1. The van der Waals surface area contributed by atoms with E-state index < -0.39 is 69.6 Å². The topological polar surface area (TPSA) is 74.3 Å². The summed E-state index contributed by atoms with van der Waals surface area (Å²) in [5.74, 6) is -5.35. The van der Waals surface area contributed by atoms with E-state index in [1.807, 2.05) is 0 Å². The number of nitrogens with zero attached hydrogens (tertiary/aromatic N) is 2. The van der Waals surface area contributed by atoms with E-state index in [1.54, 1.807) is 0 Å². The predicted octanol–water partition coefficient (Wildman–Crippen LogP) is 6.64. The van der Waals surface area contributed by atoms with Gasteiger partial charge in [0.25, 0.3) is 0 Å². The second-order valence-electron chi connectivity index (χ2n) is 11.0. The zero-order valence-corrected chi connectivity index (χ0v) is 22.3. The first-order valence-corrected chi connectivity index (χ1v) is 15.1. The van der Waals surface area contributed by atoms with Crippen molar-refractivity contribution in [3.8, 4) is 0 Å². The molecule has 15 heteroatoms. The smallest absolute Gasteiger partial charge is 0.310 e. The number of pyridine rings is 1. The second-order valence-corrected chi connectivity index (χ2v) is 13.4. The summed E-state index contributed by atoms with van der Waals surface area (Å²) in [6.07, 6.45) is 2.34. The fraction of sp³-hybridized carbons (Fsp3) is 0.500. The van der Waals surface area contributed by atoms with Crippen molar-refractivity contribution in [3.63, 3.8) is 0 Å². The monoisotopic (exact) mass is 612 g/mol. The number of hydrogen-bond acceptors (Lipinski definition) is 4. The molecule has 5 rings (SSSR count). The minimum absolute atomic E-state index is 0.0760. The van der Waals surface area contributed by atoms with Crippen molar-refractivity contribution < 1.29 is 42.2 Å². The Labute approximate surface area is 230 Å². The van der Waals surface area contributed by atoms with Crippen molar-refractivity contribution in [2.24, 2.45) is 11.8 Å². The van der Waals surface area contributed by atoms with Crippen LogP contribution >= 0.6 is 10.2 Å².